The molecule has 2 fully saturated rings. The zero-order chi connectivity index (χ0) is 13.2. The Bertz CT molecular complexity index is 423. The van der Waals surface area contributed by atoms with E-state index in [2.05, 4.69) is 4.90 Å². The van der Waals surface area contributed by atoms with Crippen molar-refractivity contribution in [2.24, 2.45) is 0 Å². The van der Waals surface area contributed by atoms with E-state index in [0.717, 1.165) is 25.3 Å². The van der Waals surface area contributed by atoms with Gasteiger partial charge in [0.2, 0.25) is 0 Å². The Hall–Kier alpha value is -0.970. The van der Waals surface area contributed by atoms with Crippen LogP contribution in [0.5, 0.6) is 0 Å². The van der Waals surface area contributed by atoms with E-state index in [9.17, 15) is 9.50 Å². The van der Waals surface area contributed by atoms with Crippen LogP contribution >= 0.6 is 0 Å². The summed E-state index contributed by atoms with van der Waals surface area (Å²) in [5, 5.41) is 10.3. The molecule has 0 amide bonds. The van der Waals surface area contributed by atoms with Crippen molar-refractivity contribution in [2.45, 2.75) is 37.5 Å². The molecular weight excluding hydrogens is 245 g/mol. The van der Waals surface area contributed by atoms with Crippen molar-refractivity contribution in [1.29, 1.82) is 0 Å². The number of hydrogen-bond acceptors (Lipinski definition) is 3. The lowest BCUT2D eigenvalue weighted by Crippen LogP contribution is -2.50. The number of hydrogen-bond donors (Lipinski definition) is 1. The van der Waals surface area contributed by atoms with Gasteiger partial charge in [-0.25, -0.2) is 4.39 Å². The molecule has 3 atom stereocenters. The highest BCUT2D eigenvalue weighted by Gasteiger charge is 2.35. The highest BCUT2D eigenvalue weighted by atomic mass is 19.1. The number of benzene rings is 1. The summed E-state index contributed by atoms with van der Waals surface area (Å²) < 4.78 is 18.6. The first kappa shape index (κ1) is 13.0. The summed E-state index contributed by atoms with van der Waals surface area (Å²) in [5.41, 5.74) is 0.945. The third kappa shape index (κ3) is 2.96. The number of nitrogens with zero attached hydrogens (tertiary/aromatic N) is 1. The summed E-state index contributed by atoms with van der Waals surface area (Å²) in [7, 11) is 0. The molecule has 3 unspecified atom stereocenters. The minimum atomic E-state index is -0.521. The third-order valence-corrected chi connectivity index (χ3v) is 4.20. The highest BCUT2D eigenvalue weighted by molar-refractivity contribution is 5.17. The Balaban J connectivity index is 1.58. The van der Waals surface area contributed by atoms with Crippen molar-refractivity contribution in [1.82, 2.24) is 4.90 Å². The Morgan fingerprint density at radius 1 is 1.37 bits per heavy atom. The topological polar surface area (TPSA) is 32.7 Å². The highest BCUT2D eigenvalue weighted by Crippen LogP contribution is 2.24. The monoisotopic (exact) mass is 265 g/mol. The molecular formula is C15H20FNO2. The first-order valence-electron chi connectivity index (χ1n) is 7.00. The summed E-state index contributed by atoms with van der Waals surface area (Å²) >= 11 is 0. The van der Waals surface area contributed by atoms with E-state index in [1.807, 2.05) is 0 Å². The van der Waals surface area contributed by atoms with Crippen molar-refractivity contribution in [3.05, 3.63) is 35.6 Å². The van der Waals surface area contributed by atoms with Crippen LogP contribution in [0.2, 0.25) is 0 Å². The summed E-state index contributed by atoms with van der Waals surface area (Å²) in [6.45, 7) is 2.66. The molecule has 0 saturated carbocycles. The van der Waals surface area contributed by atoms with Crippen LogP contribution in [0.3, 0.4) is 0 Å². The van der Waals surface area contributed by atoms with Crippen LogP contribution in [0.1, 0.15) is 18.4 Å². The van der Waals surface area contributed by atoms with Crippen LogP contribution in [-0.4, -0.2) is 48.0 Å². The zero-order valence-corrected chi connectivity index (χ0v) is 11.0. The van der Waals surface area contributed by atoms with Gasteiger partial charge < -0.3 is 9.84 Å². The predicted octanol–water partition coefficient (Wildman–Crippen LogP) is 1.59. The molecule has 0 aliphatic carbocycles. The minimum absolute atomic E-state index is 0.126. The maximum absolute atomic E-state index is 12.8. The number of fused-ring (bicyclic) bond motifs is 1. The average Bonchev–Trinajstić information content (AvgIpc) is 2.88. The largest absolute Gasteiger partial charge is 0.390 e. The van der Waals surface area contributed by atoms with Gasteiger partial charge in [-0.15, -0.1) is 0 Å². The lowest BCUT2D eigenvalue weighted by molar-refractivity contribution is -0.101. The van der Waals surface area contributed by atoms with Gasteiger partial charge in [-0.3, -0.25) is 4.90 Å². The molecule has 104 valence electrons. The van der Waals surface area contributed by atoms with Gasteiger partial charge in [0.1, 0.15) is 5.82 Å². The third-order valence-electron chi connectivity index (χ3n) is 4.20. The van der Waals surface area contributed by atoms with Crippen molar-refractivity contribution >= 4 is 0 Å². The van der Waals surface area contributed by atoms with Gasteiger partial charge >= 0.3 is 0 Å². The van der Waals surface area contributed by atoms with E-state index >= 15 is 0 Å². The molecule has 4 heteroatoms. The van der Waals surface area contributed by atoms with E-state index in [4.69, 9.17) is 4.74 Å². The van der Waals surface area contributed by atoms with Crippen LogP contribution in [0.4, 0.5) is 4.39 Å². The van der Waals surface area contributed by atoms with Gasteiger partial charge in [0.15, 0.2) is 0 Å². The first-order valence-corrected chi connectivity index (χ1v) is 7.00. The number of rotatable bonds is 3. The fraction of sp³-hybridized carbons (Fsp3) is 0.600. The van der Waals surface area contributed by atoms with Crippen molar-refractivity contribution in [3.63, 3.8) is 0 Å². The Labute approximate surface area is 113 Å². The molecule has 1 N–H and O–H groups in total. The van der Waals surface area contributed by atoms with Gasteiger partial charge in [-0.2, -0.15) is 0 Å². The molecule has 0 aromatic heterocycles. The molecule has 2 aliphatic heterocycles. The van der Waals surface area contributed by atoms with Crippen molar-refractivity contribution < 1.29 is 14.2 Å². The lowest BCUT2D eigenvalue weighted by atomic mass is 10.0. The molecule has 3 nitrogen and oxygen atoms in total. The van der Waals surface area contributed by atoms with Crippen LogP contribution < -0.4 is 0 Å². The number of morpholine rings is 1. The van der Waals surface area contributed by atoms with Crippen molar-refractivity contribution in [2.75, 3.05) is 19.7 Å². The van der Waals surface area contributed by atoms with Crippen LogP contribution in [0.15, 0.2) is 24.3 Å². The Kier molecular flexibility index (Phi) is 3.82. The second-order valence-electron chi connectivity index (χ2n) is 5.56. The lowest BCUT2D eigenvalue weighted by Gasteiger charge is -2.37. The fourth-order valence-corrected chi connectivity index (χ4v) is 3.07. The van der Waals surface area contributed by atoms with Gasteiger partial charge in [0.25, 0.3) is 0 Å². The quantitative estimate of drug-likeness (QED) is 0.901. The Morgan fingerprint density at radius 3 is 2.95 bits per heavy atom. The molecule has 2 heterocycles. The van der Waals surface area contributed by atoms with Gasteiger partial charge in [-0.05, 0) is 37.1 Å². The van der Waals surface area contributed by atoms with Crippen LogP contribution in [-0.2, 0) is 11.2 Å². The van der Waals surface area contributed by atoms with Crippen LogP contribution in [0.25, 0.3) is 0 Å². The average molecular weight is 265 g/mol. The second kappa shape index (κ2) is 5.57. The van der Waals surface area contributed by atoms with E-state index in [1.165, 1.54) is 25.0 Å². The first-order chi connectivity index (χ1) is 9.22. The minimum Gasteiger partial charge on any atom is -0.390 e. The SMILES string of the molecule is OC(Cc1ccc(F)cc1)C1CN2CCCC2CO1. The van der Waals surface area contributed by atoms with E-state index in [1.54, 1.807) is 12.1 Å². The molecule has 1 aromatic rings. The summed E-state index contributed by atoms with van der Waals surface area (Å²) in [5.74, 6) is -0.243. The van der Waals surface area contributed by atoms with E-state index in [0.29, 0.717) is 12.5 Å². The Morgan fingerprint density at radius 2 is 2.16 bits per heavy atom. The van der Waals surface area contributed by atoms with Crippen LogP contribution in [0, 0.1) is 5.82 Å². The second-order valence-corrected chi connectivity index (χ2v) is 5.56. The smallest absolute Gasteiger partial charge is 0.123 e. The summed E-state index contributed by atoms with van der Waals surface area (Å²) in [6, 6.07) is 6.86. The van der Waals surface area contributed by atoms with E-state index in [-0.39, 0.29) is 11.9 Å². The molecule has 19 heavy (non-hydrogen) atoms. The standard InChI is InChI=1S/C15H20FNO2/c16-12-5-3-11(4-6-12)8-14(18)15-9-17-7-1-2-13(17)10-19-15/h3-6,13-15,18H,1-2,7-10H2. The molecule has 0 bridgehead atoms. The fourth-order valence-electron chi connectivity index (χ4n) is 3.07. The molecule has 1 aromatic carbocycles. The van der Waals surface area contributed by atoms with Gasteiger partial charge in [0.05, 0.1) is 18.8 Å². The predicted molar refractivity (Wildman–Crippen MR) is 70.4 cm³/mol. The molecule has 0 radical (unpaired) electrons. The van der Waals surface area contributed by atoms with E-state index < -0.39 is 6.10 Å². The number of aliphatic hydroxyl groups excluding tert-OH is 1. The normalized spacial score (nSPS) is 29.2. The molecule has 2 aliphatic rings. The summed E-state index contributed by atoms with van der Waals surface area (Å²) in [6.07, 6.45) is 2.31. The van der Waals surface area contributed by atoms with Gasteiger partial charge in [0, 0.05) is 19.0 Å². The van der Waals surface area contributed by atoms with Crippen molar-refractivity contribution in [3.8, 4) is 0 Å². The number of aliphatic hydroxyl groups is 1. The zero-order valence-electron chi connectivity index (χ0n) is 11.0. The molecule has 0 spiro atoms. The maximum atomic E-state index is 12.8. The number of halogens is 1. The maximum Gasteiger partial charge on any atom is 0.123 e. The summed E-state index contributed by atoms with van der Waals surface area (Å²) in [4.78, 5) is 2.42. The van der Waals surface area contributed by atoms with Gasteiger partial charge in [-0.1, -0.05) is 12.1 Å². The molecule has 2 saturated heterocycles. The number of ether oxygens (including phenoxy) is 1. The molecule has 3 rings (SSSR count).